The second kappa shape index (κ2) is 9.60. The van der Waals surface area contributed by atoms with E-state index in [1.165, 1.54) is 24.8 Å². The summed E-state index contributed by atoms with van der Waals surface area (Å²) in [5, 5.41) is 0. The maximum Gasteiger partial charge on any atom is 0.308 e. The van der Waals surface area contributed by atoms with Crippen LogP contribution in [0.1, 0.15) is 51.5 Å². The molecule has 0 heterocycles. The van der Waals surface area contributed by atoms with Crippen molar-refractivity contribution in [3.05, 3.63) is 35.9 Å². The lowest BCUT2D eigenvalue weighted by molar-refractivity contribution is -0.148. The van der Waals surface area contributed by atoms with Crippen LogP contribution >= 0.6 is 0 Å². The first kappa shape index (κ1) is 15.7. The van der Waals surface area contributed by atoms with E-state index in [0.717, 1.165) is 19.3 Å². The zero-order chi connectivity index (χ0) is 13.9. The first-order chi connectivity index (χ1) is 9.24. The molecular weight excluding hydrogens is 236 g/mol. The van der Waals surface area contributed by atoms with Crippen molar-refractivity contribution in [2.24, 2.45) is 5.92 Å². The van der Waals surface area contributed by atoms with E-state index in [0.29, 0.717) is 6.61 Å². The number of hydrogen-bond donors (Lipinski definition) is 0. The van der Waals surface area contributed by atoms with Crippen molar-refractivity contribution in [2.45, 2.75) is 52.4 Å². The number of carbonyl (C=O) groups is 1. The number of rotatable bonds is 9. The Bertz CT molecular complexity index is 346. The number of ether oxygens (including phenoxy) is 1. The van der Waals surface area contributed by atoms with Gasteiger partial charge in [0.05, 0.1) is 12.5 Å². The fourth-order valence-corrected chi connectivity index (χ4v) is 2.07. The molecule has 2 nitrogen and oxygen atoms in total. The van der Waals surface area contributed by atoms with Crippen LogP contribution in [0.2, 0.25) is 0 Å². The Labute approximate surface area is 117 Å². The van der Waals surface area contributed by atoms with E-state index >= 15 is 0 Å². The van der Waals surface area contributed by atoms with Crippen molar-refractivity contribution in [3.8, 4) is 0 Å². The van der Waals surface area contributed by atoms with Crippen LogP contribution in [-0.2, 0) is 16.0 Å². The molecule has 0 saturated heterocycles. The molecule has 1 aromatic carbocycles. The highest BCUT2D eigenvalue weighted by atomic mass is 16.5. The highest BCUT2D eigenvalue weighted by Gasteiger charge is 2.14. The van der Waals surface area contributed by atoms with Gasteiger partial charge in [0, 0.05) is 0 Å². The van der Waals surface area contributed by atoms with Crippen molar-refractivity contribution in [3.63, 3.8) is 0 Å². The number of hydrogen-bond acceptors (Lipinski definition) is 2. The molecule has 0 aliphatic heterocycles. The standard InChI is InChI=1S/C17H26O2/c1-3-4-5-6-10-13-19-17(18)15(2)14-16-11-8-7-9-12-16/h7-9,11-12,15H,3-6,10,13-14H2,1-2H3. The van der Waals surface area contributed by atoms with Crippen LogP contribution in [0.25, 0.3) is 0 Å². The second-order valence-electron chi connectivity index (χ2n) is 5.17. The summed E-state index contributed by atoms with van der Waals surface area (Å²) < 4.78 is 5.32. The summed E-state index contributed by atoms with van der Waals surface area (Å²) in [6.45, 7) is 4.71. The van der Waals surface area contributed by atoms with E-state index in [2.05, 4.69) is 19.1 Å². The van der Waals surface area contributed by atoms with E-state index in [1.54, 1.807) is 0 Å². The molecule has 0 saturated carbocycles. The lowest BCUT2D eigenvalue weighted by Crippen LogP contribution is -2.17. The molecule has 0 N–H and O–H groups in total. The zero-order valence-electron chi connectivity index (χ0n) is 12.2. The third kappa shape index (κ3) is 7.00. The van der Waals surface area contributed by atoms with Crippen molar-refractivity contribution in [2.75, 3.05) is 6.61 Å². The van der Waals surface area contributed by atoms with Crippen LogP contribution in [-0.4, -0.2) is 12.6 Å². The van der Waals surface area contributed by atoms with E-state index in [-0.39, 0.29) is 11.9 Å². The largest absolute Gasteiger partial charge is 0.465 e. The number of unbranched alkanes of at least 4 members (excludes halogenated alkanes) is 4. The molecule has 0 fully saturated rings. The maximum absolute atomic E-state index is 11.8. The lowest BCUT2D eigenvalue weighted by Gasteiger charge is -2.11. The summed E-state index contributed by atoms with van der Waals surface area (Å²) in [5.74, 6) is -0.127. The predicted molar refractivity (Wildman–Crippen MR) is 79.0 cm³/mol. The first-order valence-corrected chi connectivity index (χ1v) is 7.44. The summed E-state index contributed by atoms with van der Waals surface area (Å²) in [7, 11) is 0. The van der Waals surface area contributed by atoms with Crippen molar-refractivity contribution < 1.29 is 9.53 Å². The molecule has 106 valence electrons. The average Bonchev–Trinajstić information content (AvgIpc) is 2.43. The Morgan fingerprint density at radius 3 is 2.47 bits per heavy atom. The smallest absolute Gasteiger partial charge is 0.308 e. The minimum absolute atomic E-state index is 0.0574. The van der Waals surface area contributed by atoms with Crippen molar-refractivity contribution in [1.29, 1.82) is 0 Å². The summed E-state index contributed by atoms with van der Waals surface area (Å²) in [5.41, 5.74) is 1.19. The Morgan fingerprint density at radius 2 is 1.79 bits per heavy atom. The SMILES string of the molecule is CCCCCCCOC(=O)C(C)Cc1ccccc1. The first-order valence-electron chi connectivity index (χ1n) is 7.44. The Morgan fingerprint density at radius 1 is 1.11 bits per heavy atom. The average molecular weight is 262 g/mol. The topological polar surface area (TPSA) is 26.3 Å². The van der Waals surface area contributed by atoms with Gasteiger partial charge in [0.2, 0.25) is 0 Å². The van der Waals surface area contributed by atoms with E-state index in [4.69, 9.17) is 4.74 Å². The molecule has 0 aromatic heterocycles. The zero-order valence-corrected chi connectivity index (χ0v) is 12.2. The van der Waals surface area contributed by atoms with Gasteiger partial charge < -0.3 is 4.74 Å². The molecule has 0 bridgehead atoms. The third-order valence-electron chi connectivity index (χ3n) is 3.28. The molecule has 0 radical (unpaired) electrons. The number of benzene rings is 1. The molecule has 0 aliphatic carbocycles. The summed E-state index contributed by atoms with van der Waals surface area (Å²) >= 11 is 0. The molecular formula is C17H26O2. The van der Waals surface area contributed by atoms with Gasteiger partial charge >= 0.3 is 5.97 Å². The van der Waals surface area contributed by atoms with Crippen LogP contribution < -0.4 is 0 Å². The molecule has 1 atom stereocenters. The summed E-state index contributed by atoms with van der Waals surface area (Å²) in [4.78, 5) is 11.8. The van der Waals surface area contributed by atoms with Crippen LogP contribution in [0.5, 0.6) is 0 Å². The van der Waals surface area contributed by atoms with Gasteiger partial charge in [0.15, 0.2) is 0 Å². The molecule has 1 rings (SSSR count). The van der Waals surface area contributed by atoms with Gasteiger partial charge in [0.1, 0.15) is 0 Å². The molecule has 0 spiro atoms. The molecule has 1 aromatic rings. The predicted octanol–water partition coefficient (Wildman–Crippen LogP) is 4.38. The normalized spacial score (nSPS) is 12.1. The van der Waals surface area contributed by atoms with E-state index in [9.17, 15) is 4.79 Å². The van der Waals surface area contributed by atoms with Crippen LogP contribution in [0, 0.1) is 5.92 Å². The van der Waals surface area contributed by atoms with Gasteiger partial charge in [-0.1, -0.05) is 69.9 Å². The lowest BCUT2D eigenvalue weighted by atomic mass is 10.0. The number of esters is 1. The quantitative estimate of drug-likeness (QED) is 0.487. The fourth-order valence-electron chi connectivity index (χ4n) is 2.07. The monoisotopic (exact) mass is 262 g/mol. The third-order valence-corrected chi connectivity index (χ3v) is 3.28. The Hall–Kier alpha value is -1.31. The van der Waals surface area contributed by atoms with Gasteiger partial charge in [-0.05, 0) is 18.4 Å². The second-order valence-corrected chi connectivity index (χ2v) is 5.17. The van der Waals surface area contributed by atoms with Crippen LogP contribution in [0.3, 0.4) is 0 Å². The molecule has 2 heteroatoms. The maximum atomic E-state index is 11.8. The summed E-state index contributed by atoms with van der Waals surface area (Å²) in [6.07, 6.45) is 6.67. The van der Waals surface area contributed by atoms with Gasteiger partial charge in [-0.15, -0.1) is 0 Å². The minimum atomic E-state index is -0.0701. The van der Waals surface area contributed by atoms with Crippen molar-refractivity contribution >= 4 is 5.97 Å². The van der Waals surface area contributed by atoms with Crippen LogP contribution in [0.15, 0.2) is 30.3 Å². The van der Waals surface area contributed by atoms with E-state index < -0.39 is 0 Å². The highest BCUT2D eigenvalue weighted by molar-refractivity contribution is 5.72. The van der Waals surface area contributed by atoms with Gasteiger partial charge in [-0.25, -0.2) is 0 Å². The van der Waals surface area contributed by atoms with Gasteiger partial charge in [-0.2, -0.15) is 0 Å². The molecule has 0 aliphatic rings. The van der Waals surface area contributed by atoms with Gasteiger partial charge in [-0.3, -0.25) is 4.79 Å². The summed E-state index contributed by atoms with van der Waals surface area (Å²) in [6, 6.07) is 10.1. The minimum Gasteiger partial charge on any atom is -0.465 e. The molecule has 19 heavy (non-hydrogen) atoms. The highest BCUT2D eigenvalue weighted by Crippen LogP contribution is 2.10. The Kier molecular flexibility index (Phi) is 7.95. The molecule has 1 unspecified atom stereocenters. The Balaban J connectivity index is 2.15. The van der Waals surface area contributed by atoms with E-state index in [1.807, 2.05) is 25.1 Å². The van der Waals surface area contributed by atoms with Crippen LogP contribution in [0.4, 0.5) is 0 Å². The molecule has 0 amide bonds. The number of carbonyl (C=O) groups excluding carboxylic acids is 1. The fraction of sp³-hybridized carbons (Fsp3) is 0.588. The van der Waals surface area contributed by atoms with Crippen molar-refractivity contribution in [1.82, 2.24) is 0 Å². The van der Waals surface area contributed by atoms with Gasteiger partial charge in [0.25, 0.3) is 0 Å².